The van der Waals surface area contributed by atoms with Gasteiger partial charge in [0.05, 0.1) is 6.61 Å². The van der Waals surface area contributed by atoms with Crippen molar-refractivity contribution >= 4 is 33.3 Å². The molecule has 2 nitrogen and oxygen atoms in total. The second-order valence-electron chi connectivity index (χ2n) is 4.85. The van der Waals surface area contributed by atoms with Gasteiger partial charge in [-0.2, -0.15) is 0 Å². The van der Waals surface area contributed by atoms with Gasteiger partial charge in [0.2, 0.25) is 0 Å². The normalized spacial score (nSPS) is 11.1. The first-order valence-corrected chi connectivity index (χ1v) is 8.07. The average Bonchev–Trinajstić information content (AvgIpc) is 2.96. The van der Waals surface area contributed by atoms with E-state index in [2.05, 4.69) is 17.5 Å². The SMILES string of the molecule is CCOc1cccc(C(=O)/C=C/c2csc3ccccc23)c1. The molecular formula is C19H16O2S. The van der Waals surface area contributed by atoms with E-state index in [1.165, 1.54) is 10.1 Å². The van der Waals surface area contributed by atoms with Crippen molar-refractivity contribution in [2.45, 2.75) is 6.92 Å². The summed E-state index contributed by atoms with van der Waals surface area (Å²) < 4.78 is 6.66. The van der Waals surface area contributed by atoms with E-state index in [1.54, 1.807) is 29.5 Å². The summed E-state index contributed by atoms with van der Waals surface area (Å²) in [7, 11) is 0. The molecule has 1 aromatic heterocycles. The molecule has 0 radical (unpaired) electrons. The van der Waals surface area contributed by atoms with Gasteiger partial charge in [0.15, 0.2) is 5.78 Å². The van der Waals surface area contributed by atoms with E-state index in [9.17, 15) is 4.79 Å². The number of ketones is 1. The fraction of sp³-hybridized carbons (Fsp3) is 0.105. The molecule has 0 N–H and O–H groups in total. The minimum atomic E-state index is -0.0168. The van der Waals surface area contributed by atoms with Gasteiger partial charge in [-0.05, 0) is 53.6 Å². The lowest BCUT2D eigenvalue weighted by atomic mass is 10.1. The molecule has 3 rings (SSSR count). The summed E-state index contributed by atoms with van der Waals surface area (Å²) >= 11 is 1.69. The smallest absolute Gasteiger partial charge is 0.185 e. The van der Waals surface area contributed by atoms with Crippen molar-refractivity contribution in [1.82, 2.24) is 0 Å². The molecule has 0 aliphatic heterocycles. The zero-order valence-electron chi connectivity index (χ0n) is 12.3. The Labute approximate surface area is 133 Å². The molecule has 3 heteroatoms. The maximum Gasteiger partial charge on any atom is 0.185 e. The first-order valence-electron chi connectivity index (χ1n) is 7.19. The number of thiophene rings is 1. The van der Waals surface area contributed by atoms with Crippen LogP contribution in [-0.4, -0.2) is 12.4 Å². The third-order valence-electron chi connectivity index (χ3n) is 3.35. The van der Waals surface area contributed by atoms with Crippen molar-refractivity contribution in [2.24, 2.45) is 0 Å². The van der Waals surface area contributed by atoms with Gasteiger partial charge < -0.3 is 4.74 Å². The number of hydrogen-bond donors (Lipinski definition) is 0. The summed E-state index contributed by atoms with van der Waals surface area (Å²) in [5.74, 6) is 0.708. The summed E-state index contributed by atoms with van der Waals surface area (Å²) in [5, 5.41) is 3.25. The lowest BCUT2D eigenvalue weighted by Crippen LogP contribution is -1.96. The number of benzene rings is 2. The fourth-order valence-electron chi connectivity index (χ4n) is 2.29. The molecular weight excluding hydrogens is 292 g/mol. The lowest BCUT2D eigenvalue weighted by Gasteiger charge is -2.03. The van der Waals surface area contributed by atoms with Crippen LogP contribution in [0.1, 0.15) is 22.8 Å². The standard InChI is InChI=1S/C19H16O2S/c1-2-21-16-7-5-6-14(12-16)18(20)11-10-15-13-22-19-9-4-3-8-17(15)19/h3-13H,2H2,1H3/b11-10+. The van der Waals surface area contributed by atoms with Crippen molar-refractivity contribution < 1.29 is 9.53 Å². The third kappa shape index (κ3) is 3.10. The molecule has 0 amide bonds. The zero-order chi connectivity index (χ0) is 15.4. The summed E-state index contributed by atoms with van der Waals surface area (Å²) in [6, 6.07) is 15.5. The molecule has 0 aliphatic carbocycles. The Morgan fingerprint density at radius 3 is 2.91 bits per heavy atom. The Morgan fingerprint density at radius 2 is 2.05 bits per heavy atom. The van der Waals surface area contributed by atoms with Crippen molar-refractivity contribution in [3.8, 4) is 5.75 Å². The number of ether oxygens (including phenoxy) is 1. The minimum absolute atomic E-state index is 0.0168. The highest BCUT2D eigenvalue weighted by Gasteiger charge is 2.05. The molecule has 3 aromatic rings. The summed E-state index contributed by atoms with van der Waals surface area (Å²) in [6.07, 6.45) is 3.51. The lowest BCUT2D eigenvalue weighted by molar-refractivity contribution is 0.104. The van der Waals surface area contributed by atoms with Crippen LogP contribution in [0.3, 0.4) is 0 Å². The largest absolute Gasteiger partial charge is 0.494 e. The van der Waals surface area contributed by atoms with Crippen LogP contribution in [0.25, 0.3) is 16.2 Å². The monoisotopic (exact) mass is 308 g/mol. The second kappa shape index (κ2) is 6.58. The van der Waals surface area contributed by atoms with Crippen LogP contribution in [0, 0.1) is 0 Å². The second-order valence-corrected chi connectivity index (χ2v) is 5.76. The molecule has 0 unspecified atom stereocenters. The van der Waals surface area contributed by atoms with E-state index in [0.29, 0.717) is 12.2 Å². The topological polar surface area (TPSA) is 26.3 Å². The molecule has 0 saturated carbocycles. The Hall–Kier alpha value is -2.39. The van der Waals surface area contributed by atoms with Crippen LogP contribution in [-0.2, 0) is 0 Å². The summed E-state index contributed by atoms with van der Waals surface area (Å²) in [4.78, 5) is 12.3. The Bertz CT molecular complexity index is 830. The average molecular weight is 308 g/mol. The number of rotatable bonds is 5. The molecule has 0 bridgehead atoms. The predicted octanol–water partition coefficient (Wildman–Crippen LogP) is 5.20. The number of allylic oxidation sites excluding steroid dienone is 1. The van der Waals surface area contributed by atoms with Gasteiger partial charge in [-0.1, -0.05) is 30.3 Å². The van der Waals surface area contributed by atoms with Crippen LogP contribution in [0.5, 0.6) is 5.75 Å². The highest BCUT2D eigenvalue weighted by atomic mass is 32.1. The molecule has 0 atom stereocenters. The third-order valence-corrected chi connectivity index (χ3v) is 4.34. The predicted molar refractivity (Wildman–Crippen MR) is 92.8 cm³/mol. The van der Waals surface area contributed by atoms with Crippen molar-refractivity contribution in [3.63, 3.8) is 0 Å². The van der Waals surface area contributed by atoms with Gasteiger partial charge in [0, 0.05) is 10.3 Å². The van der Waals surface area contributed by atoms with Crippen LogP contribution in [0.2, 0.25) is 0 Å². The highest BCUT2D eigenvalue weighted by Crippen LogP contribution is 2.26. The first kappa shape index (κ1) is 14.5. The van der Waals surface area contributed by atoms with Crippen LogP contribution < -0.4 is 4.74 Å². The molecule has 0 spiro atoms. The first-order chi connectivity index (χ1) is 10.8. The number of fused-ring (bicyclic) bond motifs is 1. The van der Waals surface area contributed by atoms with Crippen LogP contribution >= 0.6 is 11.3 Å². The molecule has 0 saturated heterocycles. The molecule has 0 fully saturated rings. The molecule has 1 heterocycles. The van der Waals surface area contributed by atoms with E-state index in [-0.39, 0.29) is 5.78 Å². The summed E-state index contributed by atoms with van der Waals surface area (Å²) in [5.41, 5.74) is 1.72. The van der Waals surface area contributed by atoms with Gasteiger partial charge in [-0.3, -0.25) is 4.79 Å². The molecule has 0 aliphatic rings. The van der Waals surface area contributed by atoms with E-state index in [1.807, 2.05) is 37.3 Å². The van der Waals surface area contributed by atoms with E-state index < -0.39 is 0 Å². The maximum absolute atomic E-state index is 12.3. The highest BCUT2D eigenvalue weighted by molar-refractivity contribution is 7.17. The Balaban J connectivity index is 1.83. The summed E-state index contributed by atoms with van der Waals surface area (Å²) in [6.45, 7) is 2.52. The molecule has 22 heavy (non-hydrogen) atoms. The van der Waals surface area contributed by atoms with Crippen LogP contribution in [0.4, 0.5) is 0 Å². The van der Waals surface area contributed by atoms with Gasteiger partial charge in [0.25, 0.3) is 0 Å². The van der Waals surface area contributed by atoms with E-state index in [0.717, 1.165) is 11.3 Å². The van der Waals surface area contributed by atoms with Crippen molar-refractivity contribution in [3.05, 3.63) is 71.1 Å². The van der Waals surface area contributed by atoms with Gasteiger partial charge in [-0.25, -0.2) is 0 Å². The fourth-order valence-corrected chi connectivity index (χ4v) is 3.22. The maximum atomic E-state index is 12.3. The number of carbonyl (C=O) groups excluding carboxylic acids is 1. The number of carbonyl (C=O) groups is 1. The van der Waals surface area contributed by atoms with Crippen molar-refractivity contribution in [1.29, 1.82) is 0 Å². The van der Waals surface area contributed by atoms with Gasteiger partial charge >= 0.3 is 0 Å². The van der Waals surface area contributed by atoms with Crippen molar-refractivity contribution in [2.75, 3.05) is 6.61 Å². The molecule has 110 valence electrons. The minimum Gasteiger partial charge on any atom is -0.494 e. The van der Waals surface area contributed by atoms with E-state index >= 15 is 0 Å². The zero-order valence-corrected chi connectivity index (χ0v) is 13.1. The molecule has 2 aromatic carbocycles. The van der Waals surface area contributed by atoms with E-state index in [4.69, 9.17) is 4.74 Å². The van der Waals surface area contributed by atoms with Crippen LogP contribution in [0.15, 0.2) is 60.0 Å². The quantitative estimate of drug-likeness (QED) is 0.478. The van der Waals surface area contributed by atoms with Gasteiger partial charge in [0.1, 0.15) is 5.75 Å². The Morgan fingerprint density at radius 1 is 1.18 bits per heavy atom. The number of hydrogen-bond acceptors (Lipinski definition) is 3. The van der Waals surface area contributed by atoms with Gasteiger partial charge in [-0.15, -0.1) is 11.3 Å². The Kier molecular flexibility index (Phi) is 4.35.